The van der Waals surface area contributed by atoms with Gasteiger partial charge in [0.05, 0.1) is 23.6 Å². The number of carbonyl (C=O) groups is 1. The maximum Gasteiger partial charge on any atom is 0.253 e. The second-order valence-corrected chi connectivity index (χ2v) is 4.27. The molecular formula is C12H18ClN3O2. The Hall–Kier alpha value is -1.20. The largest absolute Gasteiger partial charge is 0.380 e. The maximum atomic E-state index is 11.9. The zero-order valence-electron chi connectivity index (χ0n) is 10.7. The number of nitrogens with zero attached hydrogens (tertiary/aromatic N) is 2. The first-order valence-corrected chi connectivity index (χ1v) is 6.41. The van der Waals surface area contributed by atoms with E-state index in [2.05, 4.69) is 15.5 Å². The van der Waals surface area contributed by atoms with Gasteiger partial charge in [-0.1, -0.05) is 0 Å². The van der Waals surface area contributed by atoms with E-state index in [1.807, 2.05) is 6.92 Å². The van der Waals surface area contributed by atoms with Crippen LogP contribution in [0.3, 0.4) is 0 Å². The van der Waals surface area contributed by atoms with Crippen LogP contribution >= 0.6 is 11.6 Å². The first-order valence-electron chi connectivity index (χ1n) is 5.88. The summed E-state index contributed by atoms with van der Waals surface area (Å²) in [5.41, 5.74) is 1.94. The van der Waals surface area contributed by atoms with E-state index in [9.17, 15) is 4.79 Å². The van der Waals surface area contributed by atoms with Gasteiger partial charge in [-0.3, -0.25) is 4.79 Å². The molecule has 100 valence electrons. The molecule has 1 aromatic rings. The van der Waals surface area contributed by atoms with Crippen LogP contribution in [0, 0.1) is 13.8 Å². The summed E-state index contributed by atoms with van der Waals surface area (Å²) in [4.78, 5) is 11.9. The van der Waals surface area contributed by atoms with E-state index in [-0.39, 0.29) is 5.91 Å². The van der Waals surface area contributed by atoms with Crippen molar-refractivity contribution in [3.63, 3.8) is 0 Å². The predicted octanol–water partition coefficient (Wildman–Crippen LogP) is 1.47. The van der Waals surface area contributed by atoms with Crippen LogP contribution in [0.5, 0.6) is 0 Å². The van der Waals surface area contributed by atoms with Crippen LogP contribution in [0.4, 0.5) is 0 Å². The third-order valence-corrected chi connectivity index (χ3v) is 2.47. The molecule has 0 fully saturated rings. The molecule has 1 heterocycles. The number of alkyl halides is 1. The zero-order chi connectivity index (χ0) is 13.4. The lowest BCUT2D eigenvalue weighted by Gasteiger charge is -2.07. The number of rotatable bonds is 7. The van der Waals surface area contributed by atoms with Crippen LogP contribution in [0.1, 0.15) is 28.2 Å². The Labute approximate surface area is 112 Å². The summed E-state index contributed by atoms with van der Waals surface area (Å²) in [5.74, 6) is 0.371. The van der Waals surface area contributed by atoms with Gasteiger partial charge in [-0.15, -0.1) is 11.6 Å². The maximum absolute atomic E-state index is 11.9. The number of nitrogens with one attached hydrogen (secondary N) is 1. The molecule has 6 heteroatoms. The van der Waals surface area contributed by atoms with Gasteiger partial charge in [0, 0.05) is 19.0 Å². The molecule has 5 nitrogen and oxygen atoms in total. The van der Waals surface area contributed by atoms with E-state index in [4.69, 9.17) is 16.3 Å². The van der Waals surface area contributed by atoms with Crippen molar-refractivity contribution in [2.45, 2.75) is 20.3 Å². The Bertz CT molecular complexity index is 399. The zero-order valence-corrected chi connectivity index (χ0v) is 11.5. The lowest BCUT2D eigenvalue weighted by Crippen LogP contribution is -2.26. The van der Waals surface area contributed by atoms with Gasteiger partial charge in [0.25, 0.3) is 5.91 Å². The average molecular weight is 272 g/mol. The Morgan fingerprint density at radius 2 is 2.17 bits per heavy atom. The van der Waals surface area contributed by atoms with E-state index >= 15 is 0 Å². The molecule has 0 saturated carbocycles. The van der Waals surface area contributed by atoms with Gasteiger partial charge in [-0.05, 0) is 26.3 Å². The number of halogens is 1. The highest BCUT2D eigenvalue weighted by atomic mass is 35.5. The standard InChI is InChI=1S/C12H18ClN3O2/c1-9-8-11(10(2)16-15-9)12(17)14-5-3-6-18-7-4-13/h8H,3-7H2,1-2H3,(H,14,17). The smallest absolute Gasteiger partial charge is 0.253 e. The molecule has 0 radical (unpaired) electrons. The second kappa shape index (κ2) is 8.00. The number of carbonyl (C=O) groups excluding carboxylic acids is 1. The highest BCUT2D eigenvalue weighted by Crippen LogP contribution is 2.04. The molecule has 0 saturated heterocycles. The van der Waals surface area contributed by atoms with Gasteiger partial charge in [0.15, 0.2) is 0 Å². The molecule has 1 N–H and O–H groups in total. The van der Waals surface area contributed by atoms with Gasteiger partial charge >= 0.3 is 0 Å². The molecule has 0 aromatic carbocycles. The lowest BCUT2D eigenvalue weighted by atomic mass is 10.2. The van der Waals surface area contributed by atoms with Crippen molar-refractivity contribution in [3.05, 3.63) is 23.0 Å². The van der Waals surface area contributed by atoms with Gasteiger partial charge in [-0.2, -0.15) is 10.2 Å². The Balaban J connectivity index is 2.34. The van der Waals surface area contributed by atoms with Crippen molar-refractivity contribution in [3.8, 4) is 0 Å². The molecule has 0 aliphatic heterocycles. The van der Waals surface area contributed by atoms with Crippen LogP contribution in [0.2, 0.25) is 0 Å². The number of aromatic nitrogens is 2. The average Bonchev–Trinajstić information content (AvgIpc) is 2.36. The van der Waals surface area contributed by atoms with Crippen molar-refractivity contribution in [1.29, 1.82) is 0 Å². The lowest BCUT2D eigenvalue weighted by molar-refractivity contribution is 0.0943. The van der Waals surface area contributed by atoms with E-state index in [0.29, 0.717) is 36.9 Å². The van der Waals surface area contributed by atoms with Crippen LogP contribution in [0.15, 0.2) is 6.07 Å². The van der Waals surface area contributed by atoms with Crippen molar-refractivity contribution in [1.82, 2.24) is 15.5 Å². The first kappa shape index (κ1) is 14.9. The molecule has 0 aliphatic carbocycles. The van der Waals surface area contributed by atoms with E-state index in [0.717, 1.165) is 12.1 Å². The summed E-state index contributed by atoms with van der Waals surface area (Å²) >= 11 is 5.47. The molecule has 18 heavy (non-hydrogen) atoms. The molecule has 0 unspecified atom stereocenters. The number of hydrogen-bond donors (Lipinski definition) is 1. The summed E-state index contributed by atoms with van der Waals surface area (Å²) in [5, 5.41) is 10.6. The van der Waals surface area contributed by atoms with Gasteiger partial charge in [0.1, 0.15) is 0 Å². The van der Waals surface area contributed by atoms with Crippen LogP contribution in [-0.2, 0) is 4.74 Å². The number of hydrogen-bond acceptors (Lipinski definition) is 4. The van der Waals surface area contributed by atoms with Crippen LogP contribution in [-0.4, -0.2) is 41.7 Å². The molecular weight excluding hydrogens is 254 g/mol. The third-order valence-electron chi connectivity index (χ3n) is 2.32. The SMILES string of the molecule is Cc1cc(C(=O)NCCCOCCCl)c(C)nn1. The van der Waals surface area contributed by atoms with Crippen LogP contribution in [0.25, 0.3) is 0 Å². The predicted molar refractivity (Wildman–Crippen MR) is 70.0 cm³/mol. The molecule has 1 rings (SSSR count). The van der Waals surface area contributed by atoms with E-state index < -0.39 is 0 Å². The summed E-state index contributed by atoms with van der Waals surface area (Å²) in [6.07, 6.45) is 0.763. The molecule has 1 amide bonds. The normalized spacial score (nSPS) is 10.4. The second-order valence-electron chi connectivity index (χ2n) is 3.90. The fraction of sp³-hybridized carbons (Fsp3) is 0.583. The van der Waals surface area contributed by atoms with Gasteiger partial charge in [0.2, 0.25) is 0 Å². The van der Waals surface area contributed by atoms with Crippen molar-refractivity contribution < 1.29 is 9.53 Å². The van der Waals surface area contributed by atoms with Crippen LogP contribution < -0.4 is 5.32 Å². The van der Waals surface area contributed by atoms with Crippen molar-refractivity contribution in [2.75, 3.05) is 25.6 Å². The molecule has 0 aliphatic rings. The van der Waals surface area contributed by atoms with Gasteiger partial charge in [-0.25, -0.2) is 0 Å². The minimum Gasteiger partial charge on any atom is -0.380 e. The first-order chi connectivity index (χ1) is 8.65. The third kappa shape index (κ3) is 4.98. The Kier molecular flexibility index (Phi) is 6.60. The summed E-state index contributed by atoms with van der Waals surface area (Å²) in [6, 6.07) is 1.74. The Morgan fingerprint density at radius 1 is 1.39 bits per heavy atom. The number of ether oxygens (including phenoxy) is 1. The molecule has 0 spiro atoms. The highest BCUT2D eigenvalue weighted by molar-refractivity contribution is 6.17. The summed E-state index contributed by atoms with van der Waals surface area (Å²) < 4.78 is 5.21. The quantitative estimate of drug-likeness (QED) is 0.602. The highest BCUT2D eigenvalue weighted by Gasteiger charge is 2.10. The fourth-order valence-corrected chi connectivity index (χ4v) is 1.52. The Morgan fingerprint density at radius 3 is 2.89 bits per heavy atom. The monoisotopic (exact) mass is 271 g/mol. The van der Waals surface area contributed by atoms with E-state index in [1.165, 1.54) is 0 Å². The van der Waals surface area contributed by atoms with Gasteiger partial charge < -0.3 is 10.1 Å². The van der Waals surface area contributed by atoms with Crippen molar-refractivity contribution >= 4 is 17.5 Å². The minimum absolute atomic E-state index is 0.122. The molecule has 0 atom stereocenters. The molecule has 1 aromatic heterocycles. The number of aryl methyl sites for hydroxylation is 2. The summed E-state index contributed by atoms with van der Waals surface area (Å²) in [6.45, 7) is 5.29. The summed E-state index contributed by atoms with van der Waals surface area (Å²) in [7, 11) is 0. The fourth-order valence-electron chi connectivity index (χ4n) is 1.41. The van der Waals surface area contributed by atoms with E-state index in [1.54, 1.807) is 13.0 Å². The number of amides is 1. The minimum atomic E-state index is -0.122. The molecule has 0 bridgehead atoms. The van der Waals surface area contributed by atoms with Crippen molar-refractivity contribution in [2.24, 2.45) is 0 Å². The topological polar surface area (TPSA) is 64.1 Å².